The smallest absolute Gasteiger partial charge is 0.174 e. The maximum Gasteiger partial charge on any atom is 0.174 e. The fraction of sp³-hybridized carbons (Fsp3) is 0.371. The van der Waals surface area contributed by atoms with Crippen LogP contribution in [0.15, 0.2) is 77.1 Å². The molecule has 0 atom stereocenters. The van der Waals surface area contributed by atoms with Crippen molar-refractivity contribution in [2.24, 2.45) is 10.8 Å². The van der Waals surface area contributed by atoms with Crippen LogP contribution in [0.1, 0.15) is 70.4 Å². The maximum atomic E-state index is 13.7. The quantitative estimate of drug-likeness (QED) is 0.281. The van der Waals surface area contributed by atoms with E-state index in [1.165, 1.54) is 5.39 Å². The first-order chi connectivity index (χ1) is 19.5. The molecule has 0 radical (unpaired) electrons. The number of carbonyl (C=O) groups is 2. The molecule has 3 aromatic rings. The largest absolute Gasteiger partial charge is 0.493 e. The maximum absolute atomic E-state index is 13.7. The lowest BCUT2D eigenvalue weighted by Crippen LogP contribution is -2.42. The van der Waals surface area contributed by atoms with Gasteiger partial charge in [0.05, 0.1) is 10.7 Å². The van der Waals surface area contributed by atoms with Crippen molar-refractivity contribution in [1.82, 2.24) is 5.32 Å². The second kappa shape index (κ2) is 10.3. The second-order valence-electron chi connectivity index (χ2n) is 13.2. The Balaban J connectivity index is 1.42. The second-order valence-corrected chi connectivity index (χ2v) is 14.3. The minimum Gasteiger partial charge on any atom is -0.493 e. The molecule has 5 nitrogen and oxygen atoms in total. The number of carbonyl (C=O) groups excluding carboxylic acids is 2. The third kappa shape index (κ3) is 5.20. The number of methoxy groups -OCH3 is 1. The highest BCUT2D eigenvalue weighted by atomic mass is 127. The molecule has 0 fully saturated rings. The van der Waals surface area contributed by atoms with Crippen molar-refractivity contribution in [1.29, 1.82) is 0 Å². The summed E-state index contributed by atoms with van der Waals surface area (Å²) in [6.45, 7) is 8.95. The van der Waals surface area contributed by atoms with Gasteiger partial charge in [-0.05, 0) is 80.3 Å². The summed E-state index contributed by atoms with van der Waals surface area (Å²) < 4.78 is 13.2. The van der Waals surface area contributed by atoms with Crippen LogP contribution in [-0.2, 0) is 16.2 Å². The molecule has 0 aromatic heterocycles. The minimum atomic E-state index is -0.414. The van der Waals surface area contributed by atoms with E-state index in [1.807, 2.05) is 24.3 Å². The molecule has 0 bridgehead atoms. The Morgan fingerprint density at radius 1 is 0.854 bits per heavy atom. The Bertz CT molecular complexity index is 1600. The van der Waals surface area contributed by atoms with E-state index in [9.17, 15) is 9.59 Å². The van der Waals surface area contributed by atoms with Gasteiger partial charge < -0.3 is 14.8 Å². The van der Waals surface area contributed by atoms with E-state index in [0.717, 1.165) is 55.5 Å². The number of Topliss-reactive ketones (excluding diaryl/α,β-unsaturated/α-hetero) is 2. The van der Waals surface area contributed by atoms with Crippen molar-refractivity contribution in [2.45, 2.75) is 65.9 Å². The van der Waals surface area contributed by atoms with E-state index in [-0.39, 0.29) is 22.4 Å². The SMILES string of the molecule is COc1cc(C2C3=C(CC(C)(C)CC3=O)NC3=C2C(=O)CC(C)(C)C3)cc(I)c1OCc1cccc2ccccc12. The first-order valence-corrected chi connectivity index (χ1v) is 15.3. The highest BCUT2D eigenvalue weighted by Crippen LogP contribution is 2.52. The molecule has 1 N–H and O–H groups in total. The molecule has 0 amide bonds. The molecule has 1 heterocycles. The van der Waals surface area contributed by atoms with Gasteiger partial charge in [0.1, 0.15) is 6.61 Å². The van der Waals surface area contributed by atoms with Gasteiger partial charge in [0.25, 0.3) is 0 Å². The number of rotatable bonds is 5. The Morgan fingerprint density at radius 3 is 2.10 bits per heavy atom. The number of fused-ring (bicyclic) bond motifs is 1. The van der Waals surface area contributed by atoms with Crippen LogP contribution in [0, 0.1) is 14.4 Å². The van der Waals surface area contributed by atoms with Crippen molar-refractivity contribution in [3.63, 3.8) is 0 Å². The van der Waals surface area contributed by atoms with E-state index in [4.69, 9.17) is 9.47 Å². The van der Waals surface area contributed by atoms with Crippen LogP contribution in [0.25, 0.3) is 10.8 Å². The van der Waals surface area contributed by atoms with E-state index in [1.54, 1.807) is 7.11 Å². The van der Waals surface area contributed by atoms with Crippen LogP contribution in [0.2, 0.25) is 0 Å². The number of allylic oxidation sites excluding steroid dienone is 4. The first kappa shape index (κ1) is 28.0. The highest BCUT2D eigenvalue weighted by Gasteiger charge is 2.46. The van der Waals surface area contributed by atoms with Gasteiger partial charge in [0.2, 0.25) is 0 Å². The Labute approximate surface area is 255 Å². The van der Waals surface area contributed by atoms with Crippen molar-refractivity contribution in [2.75, 3.05) is 7.11 Å². The fourth-order valence-electron chi connectivity index (χ4n) is 6.84. The summed E-state index contributed by atoms with van der Waals surface area (Å²) in [7, 11) is 1.64. The number of nitrogens with one attached hydrogen (secondary N) is 1. The third-order valence-electron chi connectivity index (χ3n) is 8.56. The Kier molecular flexibility index (Phi) is 7.04. The normalized spacial score (nSPS) is 20.0. The summed E-state index contributed by atoms with van der Waals surface area (Å²) in [5.41, 5.74) is 5.12. The van der Waals surface area contributed by atoms with E-state index >= 15 is 0 Å². The topological polar surface area (TPSA) is 64.6 Å². The van der Waals surface area contributed by atoms with Gasteiger partial charge in [0.15, 0.2) is 23.1 Å². The zero-order valence-electron chi connectivity index (χ0n) is 24.3. The minimum absolute atomic E-state index is 0.114. The average Bonchev–Trinajstić information content (AvgIpc) is 2.89. The molecule has 0 saturated carbocycles. The summed E-state index contributed by atoms with van der Waals surface area (Å²) in [6.07, 6.45) is 2.48. The monoisotopic (exact) mass is 661 g/mol. The van der Waals surface area contributed by atoms with Crippen LogP contribution in [0.3, 0.4) is 0 Å². The average molecular weight is 662 g/mol. The number of ketones is 2. The molecule has 3 aliphatic rings. The van der Waals surface area contributed by atoms with E-state index in [2.05, 4.69) is 85.9 Å². The summed E-state index contributed by atoms with van der Waals surface area (Å²) in [6, 6.07) is 18.5. The van der Waals surface area contributed by atoms with Gasteiger partial charge in [0, 0.05) is 41.3 Å². The van der Waals surface area contributed by atoms with Crippen molar-refractivity contribution in [3.8, 4) is 11.5 Å². The molecular formula is C35H36INO4. The number of hydrogen-bond acceptors (Lipinski definition) is 5. The molecule has 3 aromatic carbocycles. The third-order valence-corrected chi connectivity index (χ3v) is 9.36. The number of hydrogen-bond donors (Lipinski definition) is 1. The molecule has 6 heteroatoms. The molecule has 0 spiro atoms. The van der Waals surface area contributed by atoms with Crippen LogP contribution in [0.4, 0.5) is 0 Å². The number of halogens is 1. The van der Waals surface area contributed by atoms with Gasteiger partial charge in [-0.3, -0.25) is 9.59 Å². The first-order valence-electron chi connectivity index (χ1n) is 14.2. The Morgan fingerprint density at radius 2 is 1.46 bits per heavy atom. The standard InChI is InChI=1S/C35H36INO4/c1-34(2)15-25-31(27(38)17-34)30(32-26(37-25)16-35(3,4)18-28(32)39)22-13-24(36)33(29(14-22)40-5)41-19-21-11-8-10-20-9-6-7-12-23(20)21/h6-14,30,37H,15-19H2,1-5H3. The van der Waals surface area contributed by atoms with E-state index < -0.39 is 5.92 Å². The lowest BCUT2D eigenvalue weighted by Gasteiger charge is -2.44. The molecule has 0 saturated heterocycles. The Hall–Kier alpha value is -3.13. The number of ether oxygens (including phenoxy) is 2. The van der Waals surface area contributed by atoms with Crippen LogP contribution >= 0.6 is 22.6 Å². The lowest BCUT2D eigenvalue weighted by molar-refractivity contribution is -0.119. The molecule has 0 unspecified atom stereocenters. The van der Waals surface area contributed by atoms with Gasteiger partial charge in [-0.1, -0.05) is 70.2 Å². The van der Waals surface area contributed by atoms with Crippen molar-refractivity contribution >= 4 is 44.9 Å². The lowest BCUT2D eigenvalue weighted by atomic mass is 9.64. The van der Waals surface area contributed by atoms with Crippen LogP contribution in [0.5, 0.6) is 11.5 Å². The predicted octanol–water partition coefficient (Wildman–Crippen LogP) is 8.01. The van der Waals surface area contributed by atoms with Gasteiger partial charge in [-0.15, -0.1) is 0 Å². The molecule has 6 rings (SSSR count). The van der Waals surface area contributed by atoms with Crippen LogP contribution < -0.4 is 14.8 Å². The molecular weight excluding hydrogens is 625 g/mol. The highest BCUT2D eigenvalue weighted by molar-refractivity contribution is 14.1. The number of dihydropyridines is 1. The molecule has 212 valence electrons. The van der Waals surface area contributed by atoms with Gasteiger partial charge in [-0.25, -0.2) is 0 Å². The fourth-order valence-corrected chi connectivity index (χ4v) is 7.62. The van der Waals surface area contributed by atoms with Crippen molar-refractivity contribution < 1.29 is 19.1 Å². The zero-order chi connectivity index (χ0) is 29.1. The summed E-state index contributed by atoms with van der Waals surface area (Å²) in [5.74, 6) is 1.07. The van der Waals surface area contributed by atoms with Gasteiger partial charge in [-0.2, -0.15) is 0 Å². The zero-order valence-corrected chi connectivity index (χ0v) is 26.5. The summed E-state index contributed by atoms with van der Waals surface area (Å²) in [5, 5.41) is 5.93. The van der Waals surface area contributed by atoms with Gasteiger partial charge >= 0.3 is 0 Å². The molecule has 2 aliphatic carbocycles. The number of benzene rings is 3. The molecule has 41 heavy (non-hydrogen) atoms. The van der Waals surface area contributed by atoms with Crippen molar-refractivity contribution in [3.05, 3.63) is 91.8 Å². The molecule has 1 aliphatic heterocycles. The van der Waals surface area contributed by atoms with Crippen LogP contribution in [-0.4, -0.2) is 18.7 Å². The van der Waals surface area contributed by atoms with E-state index in [0.29, 0.717) is 30.9 Å². The predicted molar refractivity (Wildman–Crippen MR) is 170 cm³/mol. The summed E-state index contributed by atoms with van der Waals surface area (Å²) in [4.78, 5) is 27.4. The summed E-state index contributed by atoms with van der Waals surface area (Å²) >= 11 is 2.29.